The van der Waals surface area contributed by atoms with Gasteiger partial charge in [0.05, 0.1) is 5.69 Å². The van der Waals surface area contributed by atoms with Gasteiger partial charge in [0, 0.05) is 22.1 Å². The Balaban J connectivity index is 1.16. The van der Waals surface area contributed by atoms with E-state index in [1.165, 1.54) is 33.4 Å². The first-order valence-electron chi connectivity index (χ1n) is 17.0. The van der Waals surface area contributed by atoms with Gasteiger partial charge in [0.25, 0.3) is 0 Å². The highest BCUT2D eigenvalue weighted by Crippen LogP contribution is 2.43. The largest absolute Gasteiger partial charge is 0.454 e. The monoisotopic (exact) mass is 639 g/mol. The molecule has 2 heteroatoms. The van der Waals surface area contributed by atoms with Crippen LogP contribution in [-0.2, 0) is 0 Å². The Labute approximate surface area is 292 Å². The summed E-state index contributed by atoms with van der Waals surface area (Å²) in [6.45, 7) is 0. The van der Waals surface area contributed by atoms with Gasteiger partial charge in [0.1, 0.15) is 5.58 Å². The first-order chi connectivity index (χ1) is 24.8. The molecule has 50 heavy (non-hydrogen) atoms. The van der Waals surface area contributed by atoms with E-state index in [-0.39, 0.29) is 0 Å². The minimum Gasteiger partial charge on any atom is -0.454 e. The zero-order valence-electron chi connectivity index (χ0n) is 27.4. The average Bonchev–Trinajstić information content (AvgIpc) is 3.58. The molecule has 1 aromatic heterocycles. The molecule has 9 aromatic rings. The molecule has 0 fully saturated rings. The summed E-state index contributed by atoms with van der Waals surface area (Å²) in [4.78, 5) is 2.30. The van der Waals surface area contributed by atoms with Crippen LogP contribution in [0.15, 0.2) is 205 Å². The van der Waals surface area contributed by atoms with Gasteiger partial charge in [-0.05, 0) is 93.0 Å². The van der Waals surface area contributed by atoms with Crippen molar-refractivity contribution in [2.45, 2.75) is 0 Å². The molecular formula is C48H33NO. The zero-order chi connectivity index (χ0) is 33.3. The van der Waals surface area contributed by atoms with E-state index in [2.05, 4.69) is 205 Å². The minimum absolute atomic E-state index is 0.858. The van der Waals surface area contributed by atoms with Crippen molar-refractivity contribution in [2.24, 2.45) is 0 Å². The maximum Gasteiger partial charge on any atom is 0.159 e. The maximum atomic E-state index is 6.83. The van der Waals surface area contributed by atoms with Crippen molar-refractivity contribution in [3.8, 4) is 44.5 Å². The van der Waals surface area contributed by atoms with Crippen molar-refractivity contribution >= 4 is 39.0 Å². The predicted molar refractivity (Wildman–Crippen MR) is 210 cm³/mol. The minimum atomic E-state index is 0.858. The third kappa shape index (κ3) is 5.53. The van der Waals surface area contributed by atoms with Crippen LogP contribution >= 0.6 is 0 Å². The number of furan rings is 1. The number of benzene rings is 8. The molecule has 9 rings (SSSR count). The Morgan fingerprint density at radius 3 is 1.28 bits per heavy atom. The lowest BCUT2D eigenvalue weighted by atomic mass is 9.98. The summed E-state index contributed by atoms with van der Waals surface area (Å²) in [5, 5.41) is 2.19. The Morgan fingerprint density at radius 1 is 0.300 bits per heavy atom. The van der Waals surface area contributed by atoms with Gasteiger partial charge in [-0.3, -0.25) is 0 Å². The van der Waals surface area contributed by atoms with Crippen LogP contribution < -0.4 is 4.90 Å². The van der Waals surface area contributed by atoms with Crippen LogP contribution in [0.1, 0.15) is 0 Å². The van der Waals surface area contributed by atoms with Crippen LogP contribution in [0.25, 0.3) is 66.4 Å². The Hall–Kier alpha value is -6.64. The van der Waals surface area contributed by atoms with Gasteiger partial charge in [0.2, 0.25) is 0 Å². The summed E-state index contributed by atoms with van der Waals surface area (Å²) in [5.74, 6) is 0. The lowest BCUT2D eigenvalue weighted by Crippen LogP contribution is -2.10. The molecule has 236 valence electrons. The molecule has 0 aliphatic carbocycles. The molecule has 0 atom stereocenters. The van der Waals surface area contributed by atoms with E-state index in [4.69, 9.17) is 4.42 Å². The molecule has 1 heterocycles. The number of hydrogen-bond acceptors (Lipinski definition) is 2. The van der Waals surface area contributed by atoms with E-state index in [1.807, 2.05) is 0 Å². The van der Waals surface area contributed by atoms with Gasteiger partial charge >= 0.3 is 0 Å². The van der Waals surface area contributed by atoms with Crippen LogP contribution in [0.4, 0.5) is 17.1 Å². The van der Waals surface area contributed by atoms with Crippen molar-refractivity contribution in [3.05, 3.63) is 200 Å². The van der Waals surface area contributed by atoms with Crippen molar-refractivity contribution in [3.63, 3.8) is 0 Å². The Kier molecular flexibility index (Phi) is 7.53. The molecule has 0 aliphatic heterocycles. The van der Waals surface area contributed by atoms with E-state index in [0.29, 0.717) is 0 Å². The topological polar surface area (TPSA) is 16.4 Å². The summed E-state index contributed by atoms with van der Waals surface area (Å²) < 4.78 is 6.83. The average molecular weight is 640 g/mol. The molecule has 0 spiro atoms. The molecule has 0 unspecified atom stereocenters. The van der Waals surface area contributed by atoms with Crippen LogP contribution in [0.3, 0.4) is 0 Å². The number of fused-ring (bicyclic) bond motifs is 3. The molecule has 2 nitrogen and oxygen atoms in total. The van der Waals surface area contributed by atoms with Gasteiger partial charge < -0.3 is 9.32 Å². The third-order valence-corrected chi connectivity index (χ3v) is 9.49. The second kappa shape index (κ2) is 12.8. The standard InChI is InChI=1S/C48H33NO/c1-4-12-34(13-5-1)37-22-27-42(28-23-37)49(43-29-24-38(25-30-43)35-14-6-2-7-15-35)46-21-11-20-45-44-31-26-41(33-47(44)50-48(45)46)40-19-10-18-39(32-40)36-16-8-3-9-17-36/h1-33H. The van der Waals surface area contributed by atoms with Crippen molar-refractivity contribution in [2.75, 3.05) is 4.90 Å². The normalized spacial score (nSPS) is 11.2. The summed E-state index contributed by atoms with van der Waals surface area (Å²) in [7, 11) is 0. The van der Waals surface area contributed by atoms with E-state index in [0.717, 1.165) is 50.1 Å². The molecular weight excluding hydrogens is 607 g/mol. The molecule has 0 saturated heterocycles. The first kappa shape index (κ1) is 29.5. The van der Waals surface area contributed by atoms with Gasteiger partial charge in [-0.1, -0.05) is 152 Å². The summed E-state index contributed by atoms with van der Waals surface area (Å²) in [5.41, 5.74) is 14.3. The summed E-state index contributed by atoms with van der Waals surface area (Å²) in [6, 6.07) is 70.9. The molecule has 0 radical (unpaired) electrons. The van der Waals surface area contributed by atoms with Crippen LogP contribution in [-0.4, -0.2) is 0 Å². The zero-order valence-corrected chi connectivity index (χ0v) is 27.4. The van der Waals surface area contributed by atoms with Crippen molar-refractivity contribution < 1.29 is 4.42 Å². The van der Waals surface area contributed by atoms with Crippen molar-refractivity contribution in [1.82, 2.24) is 0 Å². The number of para-hydroxylation sites is 1. The summed E-state index contributed by atoms with van der Waals surface area (Å²) >= 11 is 0. The van der Waals surface area contributed by atoms with E-state index < -0.39 is 0 Å². The number of nitrogens with zero attached hydrogens (tertiary/aromatic N) is 1. The number of anilines is 3. The highest BCUT2D eigenvalue weighted by molar-refractivity contribution is 6.11. The molecule has 0 amide bonds. The second-order valence-electron chi connectivity index (χ2n) is 12.6. The fraction of sp³-hybridized carbons (Fsp3) is 0. The van der Waals surface area contributed by atoms with E-state index >= 15 is 0 Å². The van der Waals surface area contributed by atoms with Gasteiger partial charge in [-0.2, -0.15) is 0 Å². The van der Waals surface area contributed by atoms with E-state index in [9.17, 15) is 0 Å². The lowest BCUT2D eigenvalue weighted by Gasteiger charge is -2.26. The van der Waals surface area contributed by atoms with Gasteiger partial charge in [0.15, 0.2) is 5.58 Å². The Bertz CT molecular complexity index is 2470. The molecule has 8 aromatic carbocycles. The lowest BCUT2D eigenvalue weighted by molar-refractivity contribution is 0.669. The van der Waals surface area contributed by atoms with Crippen LogP contribution in [0, 0.1) is 0 Å². The van der Waals surface area contributed by atoms with Gasteiger partial charge in [-0.25, -0.2) is 0 Å². The maximum absolute atomic E-state index is 6.83. The van der Waals surface area contributed by atoms with Crippen LogP contribution in [0.5, 0.6) is 0 Å². The third-order valence-electron chi connectivity index (χ3n) is 9.49. The molecule has 0 bridgehead atoms. The quantitative estimate of drug-likeness (QED) is 0.173. The van der Waals surface area contributed by atoms with Crippen molar-refractivity contribution in [1.29, 1.82) is 0 Å². The smallest absolute Gasteiger partial charge is 0.159 e. The fourth-order valence-corrected chi connectivity index (χ4v) is 6.94. The van der Waals surface area contributed by atoms with Gasteiger partial charge in [-0.15, -0.1) is 0 Å². The predicted octanol–water partition coefficient (Wildman–Crippen LogP) is 13.7. The first-order valence-corrected chi connectivity index (χ1v) is 17.0. The molecule has 0 N–H and O–H groups in total. The highest BCUT2D eigenvalue weighted by atomic mass is 16.3. The fourth-order valence-electron chi connectivity index (χ4n) is 6.94. The second-order valence-corrected chi connectivity index (χ2v) is 12.6. The Morgan fingerprint density at radius 2 is 0.720 bits per heavy atom. The number of rotatable bonds is 7. The van der Waals surface area contributed by atoms with Crippen LogP contribution in [0.2, 0.25) is 0 Å². The highest BCUT2D eigenvalue weighted by Gasteiger charge is 2.20. The summed E-state index contributed by atoms with van der Waals surface area (Å²) in [6.07, 6.45) is 0. The molecule has 0 saturated carbocycles. The molecule has 0 aliphatic rings. The SMILES string of the molecule is c1ccc(-c2ccc(N(c3ccc(-c4ccccc4)cc3)c3cccc4c3oc3cc(-c5cccc(-c6ccccc6)c5)ccc34)cc2)cc1. The number of hydrogen-bond donors (Lipinski definition) is 0. The van der Waals surface area contributed by atoms with E-state index in [1.54, 1.807) is 0 Å².